The SMILES string of the molecule is Cc1cc(C)c2cc(Cl)c3ccccc3c2c1. The van der Waals surface area contributed by atoms with Crippen LogP contribution in [0.2, 0.25) is 5.02 Å². The van der Waals surface area contributed by atoms with Gasteiger partial charge in [0.2, 0.25) is 0 Å². The van der Waals surface area contributed by atoms with E-state index < -0.39 is 0 Å². The molecule has 0 aliphatic rings. The largest absolute Gasteiger partial charge is 0.0836 e. The van der Waals surface area contributed by atoms with E-state index in [1.54, 1.807) is 0 Å². The van der Waals surface area contributed by atoms with Gasteiger partial charge in [-0.2, -0.15) is 0 Å². The lowest BCUT2D eigenvalue weighted by Crippen LogP contribution is -1.84. The van der Waals surface area contributed by atoms with Gasteiger partial charge in [-0.1, -0.05) is 53.6 Å². The topological polar surface area (TPSA) is 0 Å². The highest BCUT2D eigenvalue weighted by Crippen LogP contribution is 2.33. The lowest BCUT2D eigenvalue weighted by molar-refractivity contribution is 1.43. The van der Waals surface area contributed by atoms with Crippen molar-refractivity contribution in [2.75, 3.05) is 0 Å². The Hall–Kier alpha value is -1.53. The Bertz CT molecular complexity index is 726. The number of benzene rings is 3. The van der Waals surface area contributed by atoms with E-state index in [9.17, 15) is 0 Å². The lowest BCUT2D eigenvalue weighted by atomic mass is 9.97. The van der Waals surface area contributed by atoms with Crippen molar-refractivity contribution in [1.29, 1.82) is 0 Å². The molecule has 0 nitrogen and oxygen atoms in total. The highest BCUT2D eigenvalue weighted by atomic mass is 35.5. The van der Waals surface area contributed by atoms with E-state index in [1.807, 2.05) is 6.07 Å². The molecule has 0 saturated carbocycles. The summed E-state index contributed by atoms with van der Waals surface area (Å²) >= 11 is 6.35. The third-order valence-electron chi connectivity index (χ3n) is 3.28. The summed E-state index contributed by atoms with van der Waals surface area (Å²) in [4.78, 5) is 0. The van der Waals surface area contributed by atoms with Crippen LogP contribution in [-0.4, -0.2) is 0 Å². The molecule has 0 unspecified atom stereocenters. The summed E-state index contributed by atoms with van der Waals surface area (Å²) < 4.78 is 0. The Morgan fingerprint density at radius 2 is 1.47 bits per heavy atom. The molecule has 0 saturated heterocycles. The zero-order valence-corrected chi connectivity index (χ0v) is 10.7. The van der Waals surface area contributed by atoms with Crippen LogP contribution < -0.4 is 0 Å². The molecule has 3 aromatic rings. The van der Waals surface area contributed by atoms with Gasteiger partial charge in [0, 0.05) is 10.4 Å². The van der Waals surface area contributed by atoms with Crippen LogP contribution in [-0.2, 0) is 0 Å². The van der Waals surface area contributed by atoms with E-state index in [0.29, 0.717) is 0 Å². The number of fused-ring (bicyclic) bond motifs is 3. The third-order valence-corrected chi connectivity index (χ3v) is 3.59. The molecular formula is C16H13Cl. The summed E-state index contributed by atoms with van der Waals surface area (Å²) in [6.07, 6.45) is 0. The van der Waals surface area contributed by atoms with Gasteiger partial charge in [-0.3, -0.25) is 0 Å². The van der Waals surface area contributed by atoms with Crippen LogP contribution in [0.25, 0.3) is 21.5 Å². The first-order valence-electron chi connectivity index (χ1n) is 5.75. The molecule has 0 spiro atoms. The van der Waals surface area contributed by atoms with Crippen LogP contribution in [0.5, 0.6) is 0 Å². The summed E-state index contributed by atoms with van der Waals surface area (Å²) in [5.41, 5.74) is 2.58. The Kier molecular flexibility index (Phi) is 2.34. The standard InChI is InChI=1S/C16H13Cl/c1-10-7-11(2)14-9-16(17)13-6-4-3-5-12(13)15(14)8-10/h3-9H,1-2H3. The van der Waals surface area contributed by atoms with E-state index >= 15 is 0 Å². The lowest BCUT2D eigenvalue weighted by Gasteiger charge is -2.09. The van der Waals surface area contributed by atoms with E-state index in [0.717, 1.165) is 10.4 Å². The van der Waals surface area contributed by atoms with Crippen LogP contribution in [0.15, 0.2) is 42.5 Å². The van der Waals surface area contributed by atoms with Crippen LogP contribution >= 0.6 is 11.6 Å². The maximum absolute atomic E-state index is 6.35. The first-order chi connectivity index (χ1) is 8.16. The molecule has 0 amide bonds. The number of hydrogen-bond acceptors (Lipinski definition) is 0. The fourth-order valence-electron chi connectivity index (χ4n) is 2.52. The molecule has 1 heteroatoms. The fourth-order valence-corrected chi connectivity index (χ4v) is 2.80. The van der Waals surface area contributed by atoms with Crippen molar-refractivity contribution in [2.45, 2.75) is 13.8 Å². The van der Waals surface area contributed by atoms with Crippen LogP contribution in [0, 0.1) is 13.8 Å². The van der Waals surface area contributed by atoms with Crippen molar-refractivity contribution in [3.63, 3.8) is 0 Å². The van der Waals surface area contributed by atoms with Crippen molar-refractivity contribution in [3.05, 3.63) is 58.6 Å². The Morgan fingerprint density at radius 1 is 0.765 bits per heavy atom. The summed E-state index contributed by atoms with van der Waals surface area (Å²) in [6, 6.07) is 14.8. The van der Waals surface area contributed by atoms with Gasteiger partial charge >= 0.3 is 0 Å². The quantitative estimate of drug-likeness (QED) is 0.470. The highest BCUT2D eigenvalue weighted by Gasteiger charge is 2.06. The van der Waals surface area contributed by atoms with Gasteiger partial charge in [0.25, 0.3) is 0 Å². The van der Waals surface area contributed by atoms with Gasteiger partial charge in [0.05, 0.1) is 0 Å². The molecule has 0 radical (unpaired) electrons. The monoisotopic (exact) mass is 240 g/mol. The van der Waals surface area contributed by atoms with Gasteiger partial charge < -0.3 is 0 Å². The van der Waals surface area contributed by atoms with E-state index in [2.05, 4.69) is 50.2 Å². The minimum absolute atomic E-state index is 0.833. The second kappa shape index (κ2) is 3.75. The number of halogens is 1. The first-order valence-corrected chi connectivity index (χ1v) is 6.13. The summed E-state index contributed by atoms with van der Waals surface area (Å²) in [7, 11) is 0. The fraction of sp³-hybridized carbons (Fsp3) is 0.125. The van der Waals surface area contributed by atoms with Crippen molar-refractivity contribution < 1.29 is 0 Å². The molecule has 0 atom stereocenters. The minimum atomic E-state index is 0.833. The highest BCUT2D eigenvalue weighted by molar-refractivity contribution is 6.37. The average Bonchev–Trinajstić information content (AvgIpc) is 2.31. The zero-order chi connectivity index (χ0) is 12.0. The molecule has 0 bridgehead atoms. The molecule has 84 valence electrons. The first kappa shape index (κ1) is 10.6. The normalized spacial score (nSPS) is 11.2. The maximum Gasteiger partial charge on any atom is 0.0490 e. The Balaban J connectivity index is 2.63. The van der Waals surface area contributed by atoms with Gasteiger partial charge in [-0.15, -0.1) is 0 Å². The van der Waals surface area contributed by atoms with Gasteiger partial charge in [0.1, 0.15) is 0 Å². The van der Waals surface area contributed by atoms with Crippen molar-refractivity contribution in [1.82, 2.24) is 0 Å². The predicted octanol–water partition coefficient (Wildman–Crippen LogP) is 5.26. The van der Waals surface area contributed by atoms with Crippen molar-refractivity contribution in [2.24, 2.45) is 0 Å². The molecule has 0 fully saturated rings. The van der Waals surface area contributed by atoms with E-state index in [-0.39, 0.29) is 0 Å². The Labute approximate surface area is 106 Å². The minimum Gasteiger partial charge on any atom is -0.0836 e. The third kappa shape index (κ3) is 1.60. The number of aryl methyl sites for hydroxylation is 2. The average molecular weight is 241 g/mol. The van der Waals surface area contributed by atoms with Crippen molar-refractivity contribution >= 4 is 33.1 Å². The van der Waals surface area contributed by atoms with Gasteiger partial charge in [-0.25, -0.2) is 0 Å². The molecule has 3 aromatic carbocycles. The molecule has 17 heavy (non-hydrogen) atoms. The number of hydrogen-bond donors (Lipinski definition) is 0. The van der Waals surface area contributed by atoms with Crippen LogP contribution in [0.1, 0.15) is 11.1 Å². The molecular weight excluding hydrogens is 228 g/mol. The Morgan fingerprint density at radius 3 is 2.24 bits per heavy atom. The summed E-state index contributed by atoms with van der Waals surface area (Å²) in [5, 5.41) is 5.75. The van der Waals surface area contributed by atoms with Gasteiger partial charge in [0.15, 0.2) is 0 Å². The maximum atomic E-state index is 6.35. The smallest absolute Gasteiger partial charge is 0.0490 e. The molecule has 0 aliphatic heterocycles. The molecule has 0 aromatic heterocycles. The van der Waals surface area contributed by atoms with E-state index in [1.165, 1.54) is 27.3 Å². The van der Waals surface area contributed by atoms with Crippen molar-refractivity contribution in [3.8, 4) is 0 Å². The second-order valence-corrected chi connectivity index (χ2v) is 4.99. The molecule has 0 N–H and O–H groups in total. The molecule has 0 heterocycles. The summed E-state index contributed by atoms with van der Waals surface area (Å²) in [5.74, 6) is 0. The second-order valence-electron chi connectivity index (χ2n) is 4.58. The summed E-state index contributed by atoms with van der Waals surface area (Å²) in [6.45, 7) is 4.27. The molecule has 3 rings (SSSR count). The molecule has 0 aliphatic carbocycles. The zero-order valence-electron chi connectivity index (χ0n) is 9.92. The predicted molar refractivity (Wildman–Crippen MR) is 75.9 cm³/mol. The van der Waals surface area contributed by atoms with E-state index in [4.69, 9.17) is 11.6 Å². The van der Waals surface area contributed by atoms with Crippen LogP contribution in [0.3, 0.4) is 0 Å². The van der Waals surface area contributed by atoms with Gasteiger partial charge in [-0.05, 0) is 41.6 Å². The van der Waals surface area contributed by atoms with Crippen LogP contribution in [0.4, 0.5) is 0 Å². The number of rotatable bonds is 0.